The van der Waals surface area contributed by atoms with Gasteiger partial charge in [-0.05, 0) is 42.4 Å². The van der Waals surface area contributed by atoms with Crippen molar-refractivity contribution in [2.75, 3.05) is 23.3 Å². The van der Waals surface area contributed by atoms with Gasteiger partial charge in [-0.25, -0.2) is 0 Å². The third-order valence-electron chi connectivity index (χ3n) is 4.26. The number of amides is 2. The Morgan fingerprint density at radius 1 is 1.23 bits per heavy atom. The second-order valence-corrected chi connectivity index (χ2v) is 5.99. The third-order valence-corrected chi connectivity index (χ3v) is 4.26. The first-order valence-corrected chi connectivity index (χ1v) is 8.15. The summed E-state index contributed by atoms with van der Waals surface area (Å²) in [5, 5.41) is 19.2. The van der Waals surface area contributed by atoms with Crippen molar-refractivity contribution in [1.29, 1.82) is 0 Å². The second-order valence-electron chi connectivity index (χ2n) is 5.99. The predicted octanol–water partition coefficient (Wildman–Crippen LogP) is 1.66. The SMILES string of the molecule is NC(=O)c1ccc(NC(=O)c2cn[nH]c2[N+](=O)[O-])cc1N1CCCCC1. The molecule has 26 heavy (non-hydrogen) atoms. The van der Waals surface area contributed by atoms with Crippen molar-refractivity contribution >= 4 is 29.0 Å². The van der Waals surface area contributed by atoms with E-state index in [4.69, 9.17) is 5.73 Å². The lowest BCUT2D eigenvalue weighted by molar-refractivity contribution is -0.389. The van der Waals surface area contributed by atoms with E-state index in [0.29, 0.717) is 16.9 Å². The first-order valence-electron chi connectivity index (χ1n) is 8.15. The fourth-order valence-electron chi connectivity index (χ4n) is 3.00. The van der Waals surface area contributed by atoms with Gasteiger partial charge in [-0.3, -0.25) is 9.59 Å². The fourth-order valence-corrected chi connectivity index (χ4v) is 3.00. The van der Waals surface area contributed by atoms with Gasteiger partial charge in [0.05, 0.1) is 17.4 Å². The van der Waals surface area contributed by atoms with Gasteiger partial charge in [-0.1, -0.05) is 5.10 Å². The van der Waals surface area contributed by atoms with Crippen LogP contribution in [0.5, 0.6) is 0 Å². The van der Waals surface area contributed by atoms with Crippen molar-refractivity contribution in [3.8, 4) is 0 Å². The number of nitro groups is 1. The Kier molecular flexibility index (Phi) is 4.83. The number of aromatic nitrogens is 2. The Hall–Kier alpha value is -3.43. The van der Waals surface area contributed by atoms with Crippen molar-refractivity contribution in [1.82, 2.24) is 10.2 Å². The molecule has 2 aromatic rings. The molecule has 0 atom stereocenters. The summed E-state index contributed by atoms with van der Waals surface area (Å²) >= 11 is 0. The van der Waals surface area contributed by atoms with Crippen LogP contribution < -0.4 is 16.0 Å². The van der Waals surface area contributed by atoms with Gasteiger partial charge >= 0.3 is 5.82 Å². The highest BCUT2D eigenvalue weighted by molar-refractivity contribution is 6.07. The van der Waals surface area contributed by atoms with E-state index in [2.05, 4.69) is 20.4 Å². The van der Waals surface area contributed by atoms with Crippen LogP contribution in [0.3, 0.4) is 0 Å². The zero-order valence-electron chi connectivity index (χ0n) is 13.9. The number of hydrogen-bond acceptors (Lipinski definition) is 6. The van der Waals surface area contributed by atoms with Crippen molar-refractivity contribution in [2.45, 2.75) is 19.3 Å². The first-order chi connectivity index (χ1) is 12.5. The van der Waals surface area contributed by atoms with E-state index in [1.54, 1.807) is 12.1 Å². The van der Waals surface area contributed by atoms with Gasteiger partial charge in [0.25, 0.3) is 11.8 Å². The first kappa shape index (κ1) is 17.4. The molecule has 2 heterocycles. The molecule has 1 fully saturated rings. The zero-order valence-corrected chi connectivity index (χ0v) is 13.9. The number of piperidine rings is 1. The standard InChI is InChI=1S/C16H18N6O4/c17-14(23)11-5-4-10(8-13(11)21-6-2-1-3-7-21)19-16(24)12-9-18-20-15(12)22(25)26/h4-5,8-9H,1-3,6-7H2,(H2,17,23)(H,18,20)(H,19,24). The summed E-state index contributed by atoms with van der Waals surface area (Å²) in [4.78, 5) is 36.3. The van der Waals surface area contributed by atoms with Crippen LogP contribution >= 0.6 is 0 Å². The van der Waals surface area contributed by atoms with Gasteiger partial charge < -0.3 is 26.1 Å². The molecule has 10 heteroatoms. The van der Waals surface area contributed by atoms with Crippen molar-refractivity contribution in [3.05, 3.63) is 45.6 Å². The maximum absolute atomic E-state index is 12.3. The molecule has 0 spiro atoms. The van der Waals surface area contributed by atoms with Gasteiger partial charge in [-0.15, -0.1) is 5.10 Å². The van der Waals surface area contributed by atoms with Crippen LogP contribution in [0.25, 0.3) is 0 Å². The average molecular weight is 358 g/mol. The average Bonchev–Trinajstić information content (AvgIpc) is 3.12. The molecule has 1 aliphatic rings. The molecule has 0 radical (unpaired) electrons. The molecule has 1 aromatic carbocycles. The van der Waals surface area contributed by atoms with Gasteiger partial charge in [0, 0.05) is 18.8 Å². The van der Waals surface area contributed by atoms with Crippen molar-refractivity contribution in [3.63, 3.8) is 0 Å². The molecular formula is C16H18N6O4. The number of primary amides is 1. The van der Waals surface area contributed by atoms with Crippen LogP contribution in [0.1, 0.15) is 40.0 Å². The molecule has 1 aliphatic heterocycles. The van der Waals surface area contributed by atoms with Crippen LogP contribution in [0.15, 0.2) is 24.4 Å². The number of nitrogens with zero attached hydrogens (tertiary/aromatic N) is 3. The van der Waals surface area contributed by atoms with Crippen LogP contribution in [0.4, 0.5) is 17.2 Å². The van der Waals surface area contributed by atoms with E-state index < -0.39 is 22.6 Å². The smallest absolute Gasteiger partial charge is 0.355 e. The van der Waals surface area contributed by atoms with Gasteiger partial charge in [0.1, 0.15) is 0 Å². The molecule has 0 bridgehead atoms. The number of H-pyrrole nitrogens is 1. The molecule has 0 aliphatic carbocycles. The van der Waals surface area contributed by atoms with E-state index >= 15 is 0 Å². The van der Waals surface area contributed by atoms with Crippen LogP contribution in [0.2, 0.25) is 0 Å². The monoisotopic (exact) mass is 358 g/mol. The molecule has 0 saturated carbocycles. The Bertz CT molecular complexity index is 856. The minimum absolute atomic E-state index is 0.173. The second kappa shape index (κ2) is 7.21. The van der Waals surface area contributed by atoms with E-state index in [-0.39, 0.29) is 5.56 Å². The Morgan fingerprint density at radius 2 is 1.96 bits per heavy atom. The lowest BCUT2D eigenvalue weighted by Crippen LogP contribution is -2.31. The summed E-state index contributed by atoms with van der Waals surface area (Å²) in [6.07, 6.45) is 4.24. The molecule has 1 aromatic heterocycles. The van der Waals surface area contributed by atoms with E-state index in [9.17, 15) is 19.7 Å². The number of aromatic amines is 1. The van der Waals surface area contributed by atoms with Crippen LogP contribution in [-0.4, -0.2) is 40.0 Å². The molecular weight excluding hydrogens is 340 g/mol. The van der Waals surface area contributed by atoms with E-state index in [1.165, 1.54) is 6.07 Å². The number of nitrogens with one attached hydrogen (secondary N) is 2. The molecule has 1 saturated heterocycles. The summed E-state index contributed by atoms with van der Waals surface area (Å²) < 4.78 is 0. The Balaban J connectivity index is 1.88. The van der Waals surface area contributed by atoms with Gasteiger partial charge in [0.15, 0.2) is 5.56 Å². The van der Waals surface area contributed by atoms with Gasteiger partial charge in [-0.2, -0.15) is 0 Å². The number of anilines is 2. The van der Waals surface area contributed by atoms with Crippen LogP contribution in [-0.2, 0) is 0 Å². The summed E-state index contributed by atoms with van der Waals surface area (Å²) in [5.74, 6) is -1.69. The molecule has 4 N–H and O–H groups in total. The van der Waals surface area contributed by atoms with Crippen molar-refractivity contribution in [2.24, 2.45) is 5.73 Å². The summed E-state index contributed by atoms with van der Waals surface area (Å²) in [6, 6.07) is 4.75. The number of carbonyl (C=O) groups excluding carboxylic acids is 2. The predicted molar refractivity (Wildman–Crippen MR) is 94.2 cm³/mol. The van der Waals surface area contributed by atoms with Gasteiger partial charge in [0.2, 0.25) is 0 Å². The summed E-state index contributed by atoms with van der Waals surface area (Å²) in [5.41, 5.74) is 6.73. The lowest BCUT2D eigenvalue weighted by atomic mass is 10.1. The lowest BCUT2D eigenvalue weighted by Gasteiger charge is -2.30. The Morgan fingerprint density at radius 3 is 2.62 bits per heavy atom. The molecule has 0 unspecified atom stereocenters. The fraction of sp³-hybridized carbons (Fsp3) is 0.312. The largest absolute Gasteiger partial charge is 0.371 e. The highest BCUT2D eigenvalue weighted by Crippen LogP contribution is 2.28. The van der Waals surface area contributed by atoms with E-state index in [1.807, 2.05) is 0 Å². The number of benzene rings is 1. The van der Waals surface area contributed by atoms with Crippen LogP contribution in [0, 0.1) is 10.1 Å². The number of rotatable bonds is 5. The highest BCUT2D eigenvalue weighted by atomic mass is 16.6. The zero-order chi connectivity index (χ0) is 18.7. The maximum atomic E-state index is 12.3. The topological polar surface area (TPSA) is 147 Å². The quantitative estimate of drug-likeness (QED) is 0.547. The third kappa shape index (κ3) is 3.48. The molecule has 10 nitrogen and oxygen atoms in total. The summed E-state index contributed by atoms with van der Waals surface area (Å²) in [7, 11) is 0. The Labute approximate surface area is 148 Å². The minimum atomic E-state index is -0.711. The number of nitrogens with two attached hydrogens (primary N) is 1. The van der Waals surface area contributed by atoms with Crippen molar-refractivity contribution < 1.29 is 14.5 Å². The molecule has 3 rings (SSSR count). The highest BCUT2D eigenvalue weighted by Gasteiger charge is 2.23. The molecule has 2 amide bonds. The number of hydrogen-bond donors (Lipinski definition) is 3. The van der Waals surface area contributed by atoms with E-state index in [0.717, 1.165) is 38.5 Å². The maximum Gasteiger partial charge on any atom is 0.355 e. The summed E-state index contributed by atoms with van der Waals surface area (Å²) in [6.45, 7) is 1.59. The normalized spacial score (nSPS) is 14.1. The minimum Gasteiger partial charge on any atom is -0.371 e. The molecule has 136 valence electrons. The number of carbonyl (C=O) groups is 2.